The smallest absolute Gasteiger partial charge is 0.341 e. The van der Waals surface area contributed by atoms with Gasteiger partial charge in [0, 0.05) is 23.9 Å². The number of amides is 1. The molecule has 0 saturated heterocycles. The molecule has 0 heterocycles. The van der Waals surface area contributed by atoms with E-state index < -0.39 is 29.2 Å². The first-order valence-corrected chi connectivity index (χ1v) is 6.95. The fourth-order valence-electron chi connectivity index (χ4n) is 1.86. The molecule has 0 bridgehead atoms. The number of hydrogen-bond acceptors (Lipinski definition) is 6. The van der Waals surface area contributed by atoms with Gasteiger partial charge in [-0.15, -0.1) is 0 Å². The first kappa shape index (κ1) is 17.9. The van der Waals surface area contributed by atoms with Crippen molar-refractivity contribution in [3.8, 4) is 5.75 Å². The summed E-state index contributed by atoms with van der Waals surface area (Å²) in [7, 11) is 1.36. The van der Waals surface area contributed by atoms with Crippen LogP contribution in [0.5, 0.6) is 5.75 Å². The molecular weight excluding hydrogens is 335 g/mol. The Morgan fingerprint density at radius 3 is 2.44 bits per heavy atom. The van der Waals surface area contributed by atoms with Crippen LogP contribution < -0.4 is 10.1 Å². The lowest BCUT2D eigenvalue weighted by atomic mass is 10.2. The van der Waals surface area contributed by atoms with Crippen molar-refractivity contribution in [1.29, 1.82) is 0 Å². The van der Waals surface area contributed by atoms with Crippen LogP contribution in [0.3, 0.4) is 0 Å². The first-order valence-electron chi connectivity index (χ1n) is 6.95. The molecule has 1 N–H and O–H groups in total. The average Bonchev–Trinajstić information content (AvgIpc) is 2.60. The lowest BCUT2D eigenvalue weighted by molar-refractivity contribution is -0.384. The number of non-ortho nitro benzene ring substituents is 1. The van der Waals surface area contributed by atoms with E-state index >= 15 is 0 Å². The summed E-state index contributed by atoms with van der Waals surface area (Å²) in [6.45, 7) is -0.638. The number of nitro benzene ring substituents is 1. The number of hydrogen-bond donors (Lipinski definition) is 1. The zero-order chi connectivity index (χ0) is 18.4. The van der Waals surface area contributed by atoms with Crippen molar-refractivity contribution in [2.45, 2.75) is 0 Å². The van der Waals surface area contributed by atoms with E-state index in [4.69, 9.17) is 9.47 Å². The van der Waals surface area contributed by atoms with Crippen LogP contribution in [0.2, 0.25) is 0 Å². The summed E-state index contributed by atoms with van der Waals surface area (Å²) >= 11 is 0. The molecule has 2 aromatic carbocycles. The second-order valence-electron chi connectivity index (χ2n) is 4.77. The van der Waals surface area contributed by atoms with Crippen molar-refractivity contribution in [2.24, 2.45) is 0 Å². The number of methoxy groups -OCH3 is 1. The third-order valence-corrected chi connectivity index (χ3v) is 3.09. The van der Waals surface area contributed by atoms with E-state index in [9.17, 15) is 24.1 Å². The Labute approximate surface area is 141 Å². The summed E-state index contributed by atoms with van der Waals surface area (Å²) in [4.78, 5) is 33.5. The molecule has 1 amide bonds. The second-order valence-corrected chi connectivity index (χ2v) is 4.77. The number of nitrogens with zero attached hydrogens (tertiary/aromatic N) is 1. The Balaban J connectivity index is 1.91. The zero-order valence-electron chi connectivity index (χ0n) is 13.0. The van der Waals surface area contributed by atoms with Crippen molar-refractivity contribution in [3.05, 3.63) is 64.0 Å². The van der Waals surface area contributed by atoms with Gasteiger partial charge in [-0.1, -0.05) is 0 Å². The highest BCUT2D eigenvalue weighted by Gasteiger charge is 2.16. The molecule has 2 rings (SSSR count). The third kappa shape index (κ3) is 4.74. The number of nitrogens with one attached hydrogen (secondary N) is 1. The highest BCUT2D eigenvalue weighted by Crippen LogP contribution is 2.17. The van der Waals surface area contributed by atoms with E-state index in [-0.39, 0.29) is 17.0 Å². The van der Waals surface area contributed by atoms with Crippen LogP contribution in [0.4, 0.5) is 15.8 Å². The molecule has 0 aliphatic carbocycles. The van der Waals surface area contributed by atoms with E-state index in [1.165, 1.54) is 43.5 Å². The largest absolute Gasteiger partial charge is 0.497 e. The van der Waals surface area contributed by atoms with Gasteiger partial charge in [0.1, 0.15) is 11.6 Å². The summed E-state index contributed by atoms with van der Waals surface area (Å²) < 4.78 is 23.3. The van der Waals surface area contributed by atoms with Crippen molar-refractivity contribution in [2.75, 3.05) is 19.0 Å². The first-order chi connectivity index (χ1) is 11.9. The minimum absolute atomic E-state index is 0.126. The Hall–Kier alpha value is -3.49. The number of carbonyl (C=O) groups is 2. The van der Waals surface area contributed by atoms with Crippen molar-refractivity contribution >= 4 is 23.3 Å². The van der Waals surface area contributed by atoms with Gasteiger partial charge >= 0.3 is 5.97 Å². The number of benzene rings is 2. The highest BCUT2D eigenvalue weighted by atomic mass is 19.1. The van der Waals surface area contributed by atoms with E-state index in [1.807, 2.05) is 0 Å². The number of nitro groups is 1. The van der Waals surface area contributed by atoms with Gasteiger partial charge in [0.25, 0.3) is 11.6 Å². The van der Waals surface area contributed by atoms with Crippen LogP contribution in [0, 0.1) is 15.9 Å². The van der Waals surface area contributed by atoms with Gasteiger partial charge in [-0.3, -0.25) is 14.9 Å². The Kier molecular flexibility index (Phi) is 5.62. The van der Waals surface area contributed by atoms with E-state index in [0.29, 0.717) is 5.69 Å². The molecule has 0 aliphatic heterocycles. The van der Waals surface area contributed by atoms with Gasteiger partial charge in [0.2, 0.25) is 0 Å². The Bertz CT molecular complexity index is 807. The van der Waals surface area contributed by atoms with Crippen molar-refractivity contribution in [1.82, 2.24) is 0 Å². The van der Waals surface area contributed by atoms with Crippen LogP contribution in [0.15, 0.2) is 42.5 Å². The van der Waals surface area contributed by atoms with Gasteiger partial charge in [0.05, 0.1) is 17.6 Å². The zero-order valence-corrected chi connectivity index (χ0v) is 13.0. The second kappa shape index (κ2) is 7.86. The number of ether oxygens (including phenoxy) is 2. The molecule has 0 aromatic heterocycles. The fraction of sp³-hybridized carbons (Fsp3) is 0.125. The minimum Gasteiger partial charge on any atom is -0.497 e. The van der Waals surface area contributed by atoms with Gasteiger partial charge in [-0.05, 0) is 24.3 Å². The maximum atomic E-state index is 13.7. The monoisotopic (exact) mass is 348 g/mol. The average molecular weight is 348 g/mol. The fourth-order valence-corrected chi connectivity index (χ4v) is 1.86. The van der Waals surface area contributed by atoms with Crippen LogP contribution >= 0.6 is 0 Å². The maximum Gasteiger partial charge on any atom is 0.341 e. The van der Waals surface area contributed by atoms with Gasteiger partial charge in [0.15, 0.2) is 6.61 Å². The molecule has 25 heavy (non-hydrogen) atoms. The molecule has 0 aliphatic rings. The molecule has 0 saturated carbocycles. The number of anilines is 1. The molecular formula is C16H13FN2O6. The van der Waals surface area contributed by atoms with Crippen LogP contribution in [-0.2, 0) is 9.53 Å². The lowest BCUT2D eigenvalue weighted by Crippen LogP contribution is -2.21. The summed E-state index contributed by atoms with van der Waals surface area (Å²) in [6, 6.07) is 8.69. The SMILES string of the molecule is COc1ccc(C(=O)OCC(=O)Nc2ccc([N+](=O)[O-])cc2)c(F)c1. The van der Waals surface area contributed by atoms with Crippen LogP contribution in [-0.4, -0.2) is 30.5 Å². The molecule has 0 spiro atoms. The molecule has 8 nitrogen and oxygen atoms in total. The summed E-state index contributed by atoms with van der Waals surface area (Å²) in [5.41, 5.74) is -0.161. The predicted octanol–water partition coefficient (Wildman–Crippen LogP) is 2.54. The molecule has 0 fully saturated rings. The van der Waals surface area contributed by atoms with E-state index in [1.54, 1.807) is 0 Å². The topological polar surface area (TPSA) is 108 Å². The number of halogens is 1. The van der Waals surface area contributed by atoms with Crippen LogP contribution in [0.25, 0.3) is 0 Å². The standard InChI is InChI=1S/C16H13FN2O6/c1-24-12-6-7-13(14(17)8-12)16(21)25-9-15(20)18-10-2-4-11(5-3-10)19(22)23/h2-8H,9H2,1H3,(H,18,20). The quantitative estimate of drug-likeness (QED) is 0.488. The van der Waals surface area contributed by atoms with Crippen LogP contribution in [0.1, 0.15) is 10.4 Å². The molecule has 0 radical (unpaired) electrons. The number of carbonyl (C=O) groups excluding carboxylic acids is 2. The normalized spacial score (nSPS) is 10.0. The Morgan fingerprint density at radius 1 is 1.20 bits per heavy atom. The molecule has 0 unspecified atom stereocenters. The van der Waals surface area contributed by atoms with Gasteiger partial charge < -0.3 is 14.8 Å². The lowest BCUT2D eigenvalue weighted by Gasteiger charge is -2.08. The Morgan fingerprint density at radius 2 is 1.88 bits per heavy atom. The molecule has 2 aromatic rings. The number of rotatable bonds is 6. The number of esters is 1. The molecule has 9 heteroatoms. The maximum absolute atomic E-state index is 13.7. The van der Waals surface area contributed by atoms with E-state index in [0.717, 1.165) is 6.07 Å². The predicted molar refractivity (Wildman–Crippen MR) is 85.0 cm³/mol. The third-order valence-electron chi connectivity index (χ3n) is 3.09. The van der Waals surface area contributed by atoms with Crippen molar-refractivity contribution < 1.29 is 28.4 Å². The summed E-state index contributed by atoms with van der Waals surface area (Å²) in [5.74, 6) is -2.26. The minimum atomic E-state index is -1.00. The molecule has 0 atom stereocenters. The summed E-state index contributed by atoms with van der Waals surface area (Å²) in [5, 5.41) is 12.9. The van der Waals surface area contributed by atoms with E-state index in [2.05, 4.69) is 5.32 Å². The van der Waals surface area contributed by atoms with Gasteiger partial charge in [-0.25, -0.2) is 9.18 Å². The van der Waals surface area contributed by atoms with Crippen molar-refractivity contribution in [3.63, 3.8) is 0 Å². The summed E-state index contributed by atoms with van der Waals surface area (Å²) in [6.07, 6.45) is 0. The highest BCUT2D eigenvalue weighted by molar-refractivity contribution is 5.95. The van der Waals surface area contributed by atoms with Gasteiger partial charge in [-0.2, -0.15) is 0 Å². The molecule has 130 valence electrons.